The number of benzene rings is 10. The number of rotatable bonds is 3. The van der Waals surface area contributed by atoms with E-state index in [1.165, 1.54) is 107 Å². The van der Waals surface area contributed by atoms with Crippen molar-refractivity contribution in [3.63, 3.8) is 0 Å². The molecule has 250 valence electrons. The van der Waals surface area contributed by atoms with Gasteiger partial charge >= 0.3 is 0 Å². The van der Waals surface area contributed by atoms with E-state index in [4.69, 9.17) is 4.42 Å². The fraction of sp³-hybridized carbons (Fsp3) is 0. The van der Waals surface area contributed by atoms with Crippen molar-refractivity contribution in [1.82, 2.24) is 0 Å². The molecule has 0 saturated heterocycles. The van der Waals surface area contributed by atoms with Gasteiger partial charge < -0.3 is 4.42 Å². The quantitative estimate of drug-likeness (QED) is 0.167. The third-order valence-corrected chi connectivity index (χ3v) is 12.6. The first-order chi connectivity index (χ1) is 26.8. The fourth-order valence-electron chi connectivity index (χ4n) is 9.09. The predicted octanol–water partition coefficient (Wildman–Crippen LogP) is 15.6. The molecular formula is C52H30OS. The van der Waals surface area contributed by atoms with Crippen molar-refractivity contribution in [2.75, 3.05) is 0 Å². The van der Waals surface area contributed by atoms with E-state index >= 15 is 0 Å². The Kier molecular flexibility index (Phi) is 6.28. The Morgan fingerprint density at radius 2 is 0.889 bits per heavy atom. The molecule has 0 bridgehead atoms. The summed E-state index contributed by atoms with van der Waals surface area (Å²) in [5.74, 6) is 0. The number of hydrogen-bond acceptors (Lipinski definition) is 2. The van der Waals surface area contributed by atoms with Crippen molar-refractivity contribution >= 4 is 96.5 Å². The van der Waals surface area contributed by atoms with Crippen molar-refractivity contribution in [2.45, 2.75) is 0 Å². The molecule has 0 fully saturated rings. The van der Waals surface area contributed by atoms with Crippen molar-refractivity contribution in [3.8, 4) is 33.4 Å². The lowest BCUT2D eigenvalue weighted by Crippen LogP contribution is -1.91. The molecule has 12 aromatic rings. The zero-order valence-electron chi connectivity index (χ0n) is 29.1. The zero-order chi connectivity index (χ0) is 35.3. The first-order valence-electron chi connectivity index (χ1n) is 18.5. The first-order valence-corrected chi connectivity index (χ1v) is 19.3. The van der Waals surface area contributed by atoms with Crippen LogP contribution < -0.4 is 0 Å². The summed E-state index contributed by atoms with van der Waals surface area (Å²) in [6.45, 7) is 0. The Hall–Kier alpha value is -6.74. The van der Waals surface area contributed by atoms with Crippen molar-refractivity contribution in [2.24, 2.45) is 0 Å². The third kappa shape index (κ3) is 4.26. The minimum atomic E-state index is 0.922. The van der Waals surface area contributed by atoms with Crippen LogP contribution in [0.3, 0.4) is 0 Å². The molecule has 2 aromatic heterocycles. The maximum Gasteiger partial charge on any atom is 0.136 e. The summed E-state index contributed by atoms with van der Waals surface area (Å²) >= 11 is 1.85. The molecule has 2 heterocycles. The first kappa shape index (κ1) is 29.8. The van der Waals surface area contributed by atoms with E-state index in [-0.39, 0.29) is 0 Å². The van der Waals surface area contributed by atoms with Crippen molar-refractivity contribution < 1.29 is 4.42 Å². The molecule has 0 aliphatic rings. The van der Waals surface area contributed by atoms with Crippen molar-refractivity contribution in [1.29, 1.82) is 0 Å². The van der Waals surface area contributed by atoms with Gasteiger partial charge in [0.25, 0.3) is 0 Å². The van der Waals surface area contributed by atoms with Gasteiger partial charge in [0.05, 0.1) is 0 Å². The van der Waals surface area contributed by atoms with Crippen LogP contribution in [0.2, 0.25) is 0 Å². The second-order valence-electron chi connectivity index (χ2n) is 14.3. The molecule has 2 heteroatoms. The van der Waals surface area contributed by atoms with E-state index in [1.54, 1.807) is 0 Å². The molecular weight excluding hydrogens is 673 g/mol. The molecule has 0 aliphatic carbocycles. The van der Waals surface area contributed by atoms with E-state index in [0.29, 0.717) is 0 Å². The number of hydrogen-bond donors (Lipinski definition) is 0. The lowest BCUT2D eigenvalue weighted by atomic mass is 9.84. The van der Waals surface area contributed by atoms with E-state index in [1.807, 2.05) is 11.3 Å². The number of furan rings is 1. The van der Waals surface area contributed by atoms with Crippen LogP contribution in [-0.4, -0.2) is 0 Å². The second kappa shape index (κ2) is 11.4. The van der Waals surface area contributed by atoms with E-state index in [2.05, 4.69) is 182 Å². The smallest absolute Gasteiger partial charge is 0.136 e. The molecule has 0 amide bonds. The average Bonchev–Trinajstić information content (AvgIpc) is 3.78. The molecule has 1 nitrogen and oxygen atoms in total. The van der Waals surface area contributed by atoms with E-state index < -0.39 is 0 Å². The molecule has 0 unspecified atom stereocenters. The summed E-state index contributed by atoms with van der Waals surface area (Å²) < 4.78 is 9.32. The van der Waals surface area contributed by atoms with Crippen LogP contribution >= 0.6 is 11.3 Å². The maximum atomic E-state index is 6.72. The highest BCUT2D eigenvalue weighted by molar-refractivity contribution is 7.25. The van der Waals surface area contributed by atoms with Crippen LogP contribution in [0.1, 0.15) is 0 Å². The summed E-state index contributed by atoms with van der Waals surface area (Å²) in [6.07, 6.45) is 0. The number of fused-ring (bicyclic) bond motifs is 11. The summed E-state index contributed by atoms with van der Waals surface area (Å²) in [5, 5.41) is 14.9. The molecule has 0 aliphatic heterocycles. The molecule has 0 spiro atoms. The van der Waals surface area contributed by atoms with Gasteiger partial charge in [-0.05, 0) is 101 Å². The monoisotopic (exact) mass is 702 g/mol. The van der Waals surface area contributed by atoms with Crippen LogP contribution in [0, 0.1) is 0 Å². The van der Waals surface area contributed by atoms with Gasteiger partial charge in [-0.3, -0.25) is 0 Å². The van der Waals surface area contributed by atoms with E-state index in [0.717, 1.165) is 11.2 Å². The Bertz CT molecular complexity index is 3430. The summed E-state index contributed by atoms with van der Waals surface area (Å²) in [4.78, 5) is 0. The summed E-state index contributed by atoms with van der Waals surface area (Å²) in [7, 11) is 0. The molecule has 54 heavy (non-hydrogen) atoms. The highest BCUT2D eigenvalue weighted by Crippen LogP contribution is 2.47. The zero-order valence-corrected chi connectivity index (χ0v) is 30.0. The predicted molar refractivity (Wildman–Crippen MR) is 233 cm³/mol. The summed E-state index contributed by atoms with van der Waals surface area (Å²) in [5.41, 5.74) is 9.23. The molecule has 0 atom stereocenters. The van der Waals surface area contributed by atoms with Crippen LogP contribution in [0.25, 0.3) is 119 Å². The maximum absolute atomic E-state index is 6.72. The van der Waals surface area contributed by atoms with E-state index in [9.17, 15) is 0 Å². The topological polar surface area (TPSA) is 13.1 Å². The molecule has 0 N–H and O–H groups in total. The molecule has 12 rings (SSSR count). The van der Waals surface area contributed by atoms with Gasteiger partial charge in [0.15, 0.2) is 0 Å². The highest BCUT2D eigenvalue weighted by Gasteiger charge is 2.20. The average molecular weight is 703 g/mol. The van der Waals surface area contributed by atoms with Gasteiger partial charge in [-0.1, -0.05) is 158 Å². The highest BCUT2D eigenvalue weighted by atomic mass is 32.1. The molecule has 0 saturated carbocycles. The number of thiophene rings is 1. The lowest BCUT2D eigenvalue weighted by Gasteiger charge is -2.19. The molecule has 0 radical (unpaired) electrons. The van der Waals surface area contributed by atoms with Gasteiger partial charge in [-0.15, -0.1) is 11.3 Å². The lowest BCUT2D eigenvalue weighted by molar-refractivity contribution is 0.670. The largest absolute Gasteiger partial charge is 0.456 e. The minimum absolute atomic E-state index is 0.922. The van der Waals surface area contributed by atoms with Gasteiger partial charge in [0, 0.05) is 30.9 Å². The normalized spacial score (nSPS) is 12.1. The van der Waals surface area contributed by atoms with Crippen LogP contribution in [-0.2, 0) is 0 Å². The Morgan fingerprint density at radius 3 is 1.63 bits per heavy atom. The van der Waals surface area contributed by atoms with Gasteiger partial charge in [0.1, 0.15) is 11.2 Å². The van der Waals surface area contributed by atoms with Gasteiger partial charge in [-0.25, -0.2) is 0 Å². The Balaban J connectivity index is 1.05. The van der Waals surface area contributed by atoms with Crippen LogP contribution in [0.5, 0.6) is 0 Å². The summed E-state index contributed by atoms with van der Waals surface area (Å²) in [6, 6.07) is 66.7. The van der Waals surface area contributed by atoms with Crippen molar-refractivity contribution in [3.05, 3.63) is 182 Å². The van der Waals surface area contributed by atoms with Crippen LogP contribution in [0.4, 0.5) is 0 Å². The van der Waals surface area contributed by atoms with Gasteiger partial charge in [-0.2, -0.15) is 0 Å². The minimum Gasteiger partial charge on any atom is -0.456 e. The SMILES string of the molecule is c1ccc2c(-c3c4ccccc4c(-c4ccc(-c5cc6oc7cc8c(cc7c6c6ccccc56)sc5ccccc58)cc4)c4ccccc34)cccc2c1. The third-order valence-electron chi connectivity index (χ3n) is 11.5. The fourth-order valence-corrected chi connectivity index (χ4v) is 10.2. The second-order valence-corrected chi connectivity index (χ2v) is 15.4. The van der Waals surface area contributed by atoms with Gasteiger partial charge in [0.2, 0.25) is 0 Å². The Labute approximate surface area is 314 Å². The Morgan fingerprint density at radius 1 is 0.315 bits per heavy atom. The van der Waals surface area contributed by atoms with Crippen LogP contribution in [0.15, 0.2) is 186 Å². The molecule has 10 aromatic carbocycles. The standard InChI is InChI=1S/C52H30OS/c1-2-14-34-31(12-1)13-11-22-37(34)51-41-20-7-5-18-39(41)50(40-19-6-8-21-42(40)51)33-26-24-32(25-27-33)43-28-47-52(38-17-4-3-15-35(38)43)45-30-49-44(29-46(45)53-47)36-16-9-10-23-48(36)54-49/h1-30H.